The molecule has 3 heteroatoms. The first-order valence-corrected chi connectivity index (χ1v) is 21.8. The van der Waals surface area contributed by atoms with Gasteiger partial charge in [0.15, 0.2) is 17.5 Å². The zero-order chi connectivity index (χ0) is 42.4. The third-order valence-corrected chi connectivity index (χ3v) is 12.5. The molecule has 3 nitrogen and oxygen atoms in total. The Morgan fingerprint density at radius 3 is 1.36 bits per heavy atom. The van der Waals surface area contributed by atoms with Crippen LogP contribution in [0, 0.1) is 0 Å². The van der Waals surface area contributed by atoms with Gasteiger partial charge >= 0.3 is 0 Å². The molecule has 0 aliphatic carbocycles. The number of benzene rings is 11. The maximum atomic E-state index is 5.23. The Morgan fingerprint density at radius 2 is 0.672 bits per heavy atom. The van der Waals surface area contributed by atoms with Gasteiger partial charge in [0.2, 0.25) is 0 Å². The molecule has 0 aliphatic rings. The third kappa shape index (κ3) is 6.59. The van der Waals surface area contributed by atoms with Crippen LogP contribution in [-0.2, 0) is 0 Å². The molecule has 1 aromatic heterocycles. The van der Waals surface area contributed by atoms with E-state index >= 15 is 0 Å². The van der Waals surface area contributed by atoms with Gasteiger partial charge in [-0.25, -0.2) is 15.0 Å². The minimum Gasteiger partial charge on any atom is -0.208 e. The molecule has 0 saturated heterocycles. The summed E-state index contributed by atoms with van der Waals surface area (Å²) in [6.45, 7) is 0. The Labute approximate surface area is 371 Å². The maximum absolute atomic E-state index is 5.23. The molecule has 0 spiro atoms. The highest BCUT2D eigenvalue weighted by molar-refractivity contribution is 6.28. The molecule has 12 aromatic rings. The lowest BCUT2D eigenvalue weighted by molar-refractivity contribution is 1.07. The second-order valence-corrected chi connectivity index (χ2v) is 16.3. The van der Waals surface area contributed by atoms with Crippen LogP contribution in [0.15, 0.2) is 237 Å². The van der Waals surface area contributed by atoms with Crippen molar-refractivity contribution in [1.82, 2.24) is 15.0 Å². The van der Waals surface area contributed by atoms with Crippen LogP contribution < -0.4 is 0 Å². The maximum Gasteiger partial charge on any atom is 0.164 e. The molecule has 0 aliphatic heterocycles. The molecule has 298 valence electrons. The van der Waals surface area contributed by atoms with Gasteiger partial charge in [0.05, 0.1) is 0 Å². The zero-order valence-electron chi connectivity index (χ0n) is 34.9. The van der Waals surface area contributed by atoms with Crippen LogP contribution in [0.1, 0.15) is 0 Å². The molecule has 12 rings (SSSR count). The fraction of sp³-hybridized carbons (Fsp3) is 0. The topological polar surface area (TPSA) is 38.7 Å². The molecular weight excluding hydrogens is 775 g/mol. The summed E-state index contributed by atoms with van der Waals surface area (Å²) in [4.78, 5) is 15.6. The van der Waals surface area contributed by atoms with Gasteiger partial charge in [-0.1, -0.05) is 231 Å². The van der Waals surface area contributed by atoms with Gasteiger partial charge in [0, 0.05) is 16.7 Å². The average molecular weight is 814 g/mol. The SMILES string of the molecule is c1ccc(-c2ccc(-c3nc(-c4ccc(-c5c6ccccc6c(-c6ccc7ccccc7c6)c6c5ccc5ccccc56)cc4)nc(-c4ccccc4-c4ccccc4)n3)cc2)cc1. The molecule has 0 N–H and O–H groups in total. The molecule has 0 atom stereocenters. The fourth-order valence-corrected chi connectivity index (χ4v) is 9.43. The van der Waals surface area contributed by atoms with Gasteiger partial charge in [0.25, 0.3) is 0 Å². The van der Waals surface area contributed by atoms with Crippen molar-refractivity contribution in [3.8, 4) is 78.7 Å². The normalized spacial score (nSPS) is 11.4. The molecule has 11 aromatic carbocycles. The van der Waals surface area contributed by atoms with Gasteiger partial charge in [-0.15, -0.1) is 0 Å². The van der Waals surface area contributed by atoms with Gasteiger partial charge in [-0.3, -0.25) is 0 Å². The molecule has 0 amide bonds. The van der Waals surface area contributed by atoms with E-state index in [0.717, 1.165) is 38.9 Å². The fourth-order valence-electron chi connectivity index (χ4n) is 9.43. The summed E-state index contributed by atoms with van der Waals surface area (Å²) in [5, 5.41) is 9.84. The zero-order valence-corrected chi connectivity index (χ0v) is 34.9. The molecule has 64 heavy (non-hydrogen) atoms. The van der Waals surface area contributed by atoms with E-state index in [2.05, 4.69) is 224 Å². The Morgan fingerprint density at radius 1 is 0.219 bits per heavy atom. The Kier molecular flexibility index (Phi) is 9.16. The summed E-state index contributed by atoms with van der Waals surface area (Å²) in [5.74, 6) is 1.87. The van der Waals surface area contributed by atoms with E-state index in [1.165, 1.54) is 65.3 Å². The largest absolute Gasteiger partial charge is 0.208 e. The van der Waals surface area contributed by atoms with Crippen LogP contribution in [0.5, 0.6) is 0 Å². The van der Waals surface area contributed by atoms with Crippen molar-refractivity contribution in [2.24, 2.45) is 0 Å². The number of nitrogens with zero attached hydrogens (tertiary/aromatic N) is 3. The first-order chi connectivity index (χ1) is 31.7. The number of rotatable bonds is 7. The van der Waals surface area contributed by atoms with Crippen LogP contribution in [0.4, 0.5) is 0 Å². The standard InChI is InChI=1S/C61H39N3/c1-3-15-40(16-4-1)42-27-32-46(33-28-42)59-62-60(64-61(63-59)54-26-14-11-22-50(54)43-18-5-2-6-19-43)47-34-30-45(31-35-47)56-52-24-12-13-25-53(52)57(49-36-29-41-17-7-8-21-48(41)39-49)58-51-23-10-9-20-44(51)37-38-55(56)58/h1-39H. The predicted molar refractivity (Wildman–Crippen MR) is 268 cm³/mol. The van der Waals surface area contributed by atoms with Gasteiger partial charge in [-0.2, -0.15) is 0 Å². The molecule has 1 heterocycles. The molecule has 0 saturated carbocycles. The van der Waals surface area contributed by atoms with Crippen LogP contribution in [0.3, 0.4) is 0 Å². The molecule has 0 bridgehead atoms. The Hall–Kier alpha value is -8.53. The monoisotopic (exact) mass is 813 g/mol. The first-order valence-electron chi connectivity index (χ1n) is 21.8. The summed E-state index contributed by atoms with van der Waals surface area (Å²) in [6, 6.07) is 84.3. The minimum absolute atomic E-state index is 0.619. The summed E-state index contributed by atoms with van der Waals surface area (Å²) in [6.07, 6.45) is 0. The van der Waals surface area contributed by atoms with Crippen LogP contribution >= 0.6 is 0 Å². The van der Waals surface area contributed by atoms with E-state index in [4.69, 9.17) is 15.0 Å². The number of fused-ring (bicyclic) bond motifs is 5. The highest BCUT2D eigenvalue weighted by atomic mass is 15.0. The van der Waals surface area contributed by atoms with Crippen molar-refractivity contribution in [3.63, 3.8) is 0 Å². The number of aromatic nitrogens is 3. The van der Waals surface area contributed by atoms with Crippen molar-refractivity contribution in [1.29, 1.82) is 0 Å². The first kappa shape index (κ1) is 37.2. The predicted octanol–water partition coefficient (Wildman–Crippen LogP) is 16.2. The minimum atomic E-state index is 0.619. The lowest BCUT2D eigenvalue weighted by Gasteiger charge is -2.20. The highest BCUT2D eigenvalue weighted by Gasteiger charge is 2.20. The number of hydrogen-bond acceptors (Lipinski definition) is 3. The van der Waals surface area contributed by atoms with Gasteiger partial charge < -0.3 is 0 Å². The molecular formula is C61H39N3. The van der Waals surface area contributed by atoms with E-state index < -0.39 is 0 Å². The van der Waals surface area contributed by atoms with Crippen LogP contribution in [-0.4, -0.2) is 15.0 Å². The van der Waals surface area contributed by atoms with Crippen molar-refractivity contribution in [2.75, 3.05) is 0 Å². The Bertz CT molecular complexity index is 3690. The summed E-state index contributed by atoms with van der Waals surface area (Å²) in [7, 11) is 0. The van der Waals surface area contributed by atoms with E-state index in [0.29, 0.717) is 17.5 Å². The van der Waals surface area contributed by atoms with Crippen LogP contribution in [0.2, 0.25) is 0 Å². The van der Waals surface area contributed by atoms with E-state index in [1.807, 2.05) is 12.1 Å². The second kappa shape index (κ2) is 15.7. The van der Waals surface area contributed by atoms with Crippen molar-refractivity contribution < 1.29 is 0 Å². The molecule has 0 fully saturated rings. The lowest BCUT2D eigenvalue weighted by atomic mass is 9.83. The summed E-state index contributed by atoms with van der Waals surface area (Å²) in [5.41, 5.74) is 12.1. The highest BCUT2D eigenvalue weighted by Crippen LogP contribution is 2.47. The van der Waals surface area contributed by atoms with Gasteiger partial charge in [0.1, 0.15) is 0 Å². The third-order valence-electron chi connectivity index (χ3n) is 12.5. The van der Waals surface area contributed by atoms with Gasteiger partial charge in [-0.05, 0) is 93.7 Å². The molecule has 0 radical (unpaired) electrons. The second-order valence-electron chi connectivity index (χ2n) is 16.3. The van der Waals surface area contributed by atoms with Crippen molar-refractivity contribution >= 4 is 43.1 Å². The van der Waals surface area contributed by atoms with E-state index in [-0.39, 0.29) is 0 Å². The van der Waals surface area contributed by atoms with Crippen molar-refractivity contribution in [3.05, 3.63) is 237 Å². The van der Waals surface area contributed by atoms with E-state index in [9.17, 15) is 0 Å². The Balaban J connectivity index is 1.03. The summed E-state index contributed by atoms with van der Waals surface area (Å²) >= 11 is 0. The van der Waals surface area contributed by atoms with E-state index in [1.54, 1.807) is 0 Å². The van der Waals surface area contributed by atoms with Crippen molar-refractivity contribution in [2.45, 2.75) is 0 Å². The quantitative estimate of drug-likeness (QED) is 0.119. The lowest BCUT2D eigenvalue weighted by Crippen LogP contribution is -2.01. The van der Waals surface area contributed by atoms with Crippen LogP contribution in [0.25, 0.3) is 122 Å². The average Bonchev–Trinajstić information content (AvgIpc) is 3.38. The smallest absolute Gasteiger partial charge is 0.164 e. The molecule has 0 unspecified atom stereocenters. The number of hydrogen-bond donors (Lipinski definition) is 0. The summed E-state index contributed by atoms with van der Waals surface area (Å²) < 4.78 is 0.